The summed E-state index contributed by atoms with van der Waals surface area (Å²) < 4.78 is 30.8. The minimum atomic E-state index is -3.31. The number of halogens is 2. The van der Waals surface area contributed by atoms with Crippen LogP contribution in [0.1, 0.15) is 25.7 Å². The van der Waals surface area contributed by atoms with E-state index >= 15 is 0 Å². The number of rotatable bonds is 9. The Hall–Kier alpha value is -0.390. The van der Waals surface area contributed by atoms with Gasteiger partial charge in [-0.1, -0.05) is 22.4 Å². The summed E-state index contributed by atoms with van der Waals surface area (Å²) in [4.78, 5) is 4.53. The maximum absolute atomic E-state index is 12.4. The summed E-state index contributed by atoms with van der Waals surface area (Å²) in [5, 5.41) is 6.44. The minimum absolute atomic E-state index is 0. The van der Waals surface area contributed by atoms with Crippen LogP contribution in [-0.2, 0) is 14.6 Å². The van der Waals surface area contributed by atoms with E-state index in [0.717, 1.165) is 24.0 Å². The lowest BCUT2D eigenvalue weighted by Crippen LogP contribution is -2.47. The molecule has 0 spiro atoms. The normalized spacial score (nSPS) is 16.2. The van der Waals surface area contributed by atoms with E-state index in [9.17, 15) is 8.42 Å². The highest BCUT2D eigenvalue weighted by molar-refractivity contribution is 14.0. The summed E-state index contributed by atoms with van der Waals surface area (Å²) in [6.07, 6.45) is 4.67. The Morgan fingerprint density at radius 1 is 1.26 bits per heavy atom. The smallest absolute Gasteiger partial charge is 0.191 e. The summed E-state index contributed by atoms with van der Waals surface area (Å²) >= 11 is 3.31. The molecule has 0 saturated heterocycles. The molecule has 1 aliphatic rings. The van der Waals surface area contributed by atoms with Crippen LogP contribution in [0.25, 0.3) is 0 Å². The average molecular weight is 574 g/mol. The maximum atomic E-state index is 12.4. The Bertz CT molecular complexity index is 707. The van der Waals surface area contributed by atoms with Crippen molar-refractivity contribution in [1.82, 2.24) is 10.6 Å². The number of nitrogens with one attached hydrogen (secondary N) is 2. The highest BCUT2D eigenvalue weighted by atomic mass is 127. The summed E-state index contributed by atoms with van der Waals surface area (Å²) in [7, 11) is 0.112. The first-order valence-corrected chi connectivity index (χ1v) is 11.3. The lowest BCUT2D eigenvalue weighted by molar-refractivity contribution is 0.0733. The molecule has 27 heavy (non-hydrogen) atoms. The Labute approximate surface area is 188 Å². The zero-order chi connectivity index (χ0) is 19.0. The molecule has 1 fully saturated rings. The van der Waals surface area contributed by atoms with E-state index in [2.05, 4.69) is 31.6 Å². The van der Waals surface area contributed by atoms with Gasteiger partial charge >= 0.3 is 0 Å². The standard InChI is InChI=1S/C18H28BrN3O3S.HI/c1-20-17(22-14-18(8-3-9-18)10-12-25-2)21-11-13-26(23,24)16-6-4-15(19)5-7-16;/h4-7H,3,8-14H2,1-2H3,(H2,20,21,22);1H. The summed E-state index contributed by atoms with van der Waals surface area (Å²) in [5.41, 5.74) is 0.275. The number of aliphatic imine (C=N–C) groups is 1. The SMILES string of the molecule is CN=C(NCCS(=O)(=O)c1ccc(Br)cc1)NCC1(CCOC)CCC1.I. The van der Waals surface area contributed by atoms with Crippen molar-refractivity contribution in [2.75, 3.05) is 39.6 Å². The fourth-order valence-electron chi connectivity index (χ4n) is 3.07. The first-order chi connectivity index (χ1) is 12.4. The van der Waals surface area contributed by atoms with E-state index in [0.29, 0.717) is 17.4 Å². The van der Waals surface area contributed by atoms with Crippen molar-refractivity contribution < 1.29 is 13.2 Å². The third-order valence-electron chi connectivity index (χ3n) is 4.94. The summed E-state index contributed by atoms with van der Waals surface area (Å²) in [6.45, 7) is 1.90. The summed E-state index contributed by atoms with van der Waals surface area (Å²) in [6, 6.07) is 6.70. The largest absolute Gasteiger partial charge is 0.385 e. The molecular formula is C18H29BrIN3O3S. The van der Waals surface area contributed by atoms with Crippen LogP contribution in [0.2, 0.25) is 0 Å². The van der Waals surface area contributed by atoms with Gasteiger partial charge in [-0.3, -0.25) is 4.99 Å². The van der Waals surface area contributed by atoms with Crippen LogP contribution in [-0.4, -0.2) is 54.0 Å². The quantitative estimate of drug-likeness (QED) is 0.269. The predicted octanol–water partition coefficient (Wildman–Crippen LogP) is 3.21. The predicted molar refractivity (Wildman–Crippen MR) is 124 cm³/mol. The first-order valence-electron chi connectivity index (χ1n) is 8.83. The first kappa shape index (κ1) is 24.6. The van der Waals surface area contributed by atoms with Gasteiger partial charge in [-0.15, -0.1) is 24.0 Å². The summed E-state index contributed by atoms with van der Waals surface area (Å²) in [5.74, 6) is 0.657. The van der Waals surface area contributed by atoms with Crippen molar-refractivity contribution in [2.45, 2.75) is 30.6 Å². The number of nitrogens with zero attached hydrogens (tertiary/aromatic N) is 1. The molecular weight excluding hydrogens is 545 g/mol. The third kappa shape index (κ3) is 7.51. The van der Waals surface area contributed by atoms with Gasteiger partial charge in [0.15, 0.2) is 15.8 Å². The van der Waals surface area contributed by atoms with E-state index < -0.39 is 9.84 Å². The lowest BCUT2D eigenvalue weighted by Gasteiger charge is -2.42. The van der Waals surface area contributed by atoms with Crippen molar-refractivity contribution in [3.63, 3.8) is 0 Å². The van der Waals surface area contributed by atoms with Crippen LogP contribution in [0.5, 0.6) is 0 Å². The van der Waals surface area contributed by atoms with Gasteiger partial charge in [0.1, 0.15) is 0 Å². The number of guanidine groups is 1. The van der Waals surface area contributed by atoms with Crippen LogP contribution < -0.4 is 10.6 Å². The molecule has 6 nitrogen and oxygen atoms in total. The molecule has 0 bridgehead atoms. The van der Waals surface area contributed by atoms with Crippen molar-refractivity contribution in [3.05, 3.63) is 28.7 Å². The third-order valence-corrected chi connectivity index (χ3v) is 7.20. The second-order valence-electron chi connectivity index (χ2n) is 6.72. The monoisotopic (exact) mass is 573 g/mol. The molecule has 0 atom stereocenters. The van der Waals surface area contributed by atoms with Crippen molar-refractivity contribution in [3.8, 4) is 0 Å². The minimum Gasteiger partial charge on any atom is -0.385 e. The van der Waals surface area contributed by atoms with E-state index in [1.807, 2.05) is 0 Å². The van der Waals surface area contributed by atoms with Gasteiger partial charge in [-0.05, 0) is 48.9 Å². The number of hydrogen-bond donors (Lipinski definition) is 2. The molecule has 0 radical (unpaired) electrons. The molecule has 1 aromatic rings. The number of ether oxygens (including phenoxy) is 1. The second kappa shape index (κ2) is 11.6. The van der Waals surface area contributed by atoms with E-state index in [-0.39, 0.29) is 35.1 Å². The Balaban J connectivity index is 0.00000364. The van der Waals surface area contributed by atoms with E-state index in [1.54, 1.807) is 38.4 Å². The van der Waals surface area contributed by atoms with E-state index in [4.69, 9.17) is 4.74 Å². The van der Waals surface area contributed by atoms with Gasteiger partial charge in [0.2, 0.25) is 0 Å². The Kier molecular flexibility index (Phi) is 10.6. The molecule has 154 valence electrons. The average Bonchev–Trinajstić information content (AvgIpc) is 2.59. The Morgan fingerprint density at radius 2 is 1.93 bits per heavy atom. The molecule has 1 saturated carbocycles. The van der Waals surface area contributed by atoms with Crippen molar-refractivity contribution in [1.29, 1.82) is 0 Å². The zero-order valence-electron chi connectivity index (χ0n) is 15.8. The van der Waals surface area contributed by atoms with Gasteiger partial charge in [0.25, 0.3) is 0 Å². The molecule has 0 aliphatic heterocycles. The van der Waals surface area contributed by atoms with Crippen molar-refractivity contribution >= 4 is 55.7 Å². The molecule has 0 aromatic heterocycles. The lowest BCUT2D eigenvalue weighted by atomic mass is 9.67. The van der Waals surface area contributed by atoms with Crippen molar-refractivity contribution in [2.24, 2.45) is 10.4 Å². The van der Waals surface area contributed by atoms with Crippen LogP contribution in [0, 0.1) is 5.41 Å². The number of benzene rings is 1. The molecule has 2 rings (SSSR count). The number of hydrogen-bond acceptors (Lipinski definition) is 4. The molecule has 0 amide bonds. The van der Waals surface area contributed by atoms with Gasteiger partial charge in [-0.2, -0.15) is 0 Å². The Morgan fingerprint density at radius 3 is 2.44 bits per heavy atom. The number of sulfone groups is 1. The zero-order valence-corrected chi connectivity index (χ0v) is 20.6. The molecule has 2 N–H and O–H groups in total. The van der Waals surface area contributed by atoms with Gasteiger partial charge in [-0.25, -0.2) is 8.42 Å². The molecule has 0 heterocycles. The second-order valence-corrected chi connectivity index (χ2v) is 9.75. The van der Waals surface area contributed by atoms with Crippen LogP contribution in [0.3, 0.4) is 0 Å². The van der Waals surface area contributed by atoms with E-state index in [1.165, 1.54) is 19.3 Å². The van der Waals surface area contributed by atoms with Crippen LogP contribution in [0.15, 0.2) is 38.6 Å². The fraction of sp³-hybridized carbons (Fsp3) is 0.611. The highest BCUT2D eigenvalue weighted by Gasteiger charge is 2.36. The fourth-order valence-corrected chi connectivity index (χ4v) is 4.49. The highest BCUT2D eigenvalue weighted by Crippen LogP contribution is 2.43. The van der Waals surface area contributed by atoms with Gasteiger partial charge in [0.05, 0.1) is 10.6 Å². The van der Waals surface area contributed by atoms with Gasteiger partial charge in [0, 0.05) is 38.3 Å². The molecule has 0 unspecified atom stereocenters. The van der Waals surface area contributed by atoms with Crippen LogP contribution >= 0.6 is 39.9 Å². The number of methoxy groups -OCH3 is 1. The van der Waals surface area contributed by atoms with Gasteiger partial charge < -0.3 is 15.4 Å². The molecule has 9 heteroatoms. The maximum Gasteiger partial charge on any atom is 0.191 e. The molecule has 1 aliphatic carbocycles. The molecule has 1 aromatic carbocycles. The van der Waals surface area contributed by atoms with Crippen LogP contribution in [0.4, 0.5) is 0 Å². The topological polar surface area (TPSA) is 79.8 Å².